The van der Waals surface area contributed by atoms with Gasteiger partial charge in [0, 0.05) is 39.8 Å². The van der Waals surface area contributed by atoms with Crippen molar-refractivity contribution >= 4 is 29.6 Å². The lowest BCUT2D eigenvalue weighted by Crippen LogP contribution is -2.62. The molecule has 216 valence electrons. The van der Waals surface area contributed by atoms with Gasteiger partial charge < -0.3 is 28.4 Å². The first-order valence-electron chi connectivity index (χ1n) is 12.0. The van der Waals surface area contributed by atoms with Crippen molar-refractivity contribution in [1.82, 2.24) is 15.0 Å². The molecule has 0 amide bonds. The van der Waals surface area contributed by atoms with Crippen molar-refractivity contribution in [3.8, 4) is 0 Å². The van der Waals surface area contributed by atoms with E-state index in [1.54, 1.807) is 12.1 Å². The summed E-state index contributed by atoms with van der Waals surface area (Å²) < 4.78 is 34.2. The third-order valence-electron chi connectivity index (χ3n) is 5.40. The molecule has 0 radical (unpaired) electrons. The minimum absolute atomic E-state index is 0.0650. The fourth-order valence-electron chi connectivity index (χ4n) is 3.93. The minimum atomic E-state index is -1.38. The number of hydrogen-bond donors (Lipinski definition) is 0. The predicted molar refractivity (Wildman–Crippen MR) is 129 cm³/mol. The molecule has 0 bridgehead atoms. The molecule has 0 unspecified atom stereocenters. The second-order valence-electron chi connectivity index (χ2n) is 8.71. The topological polar surface area (TPSA) is 198 Å². The van der Waals surface area contributed by atoms with Crippen molar-refractivity contribution in [1.29, 1.82) is 0 Å². The molecule has 1 aromatic carbocycles. The van der Waals surface area contributed by atoms with Crippen molar-refractivity contribution in [2.45, 2.75) is 71.6 Å². The van der Waals surface area contributed by atoms with E-state index in [0.29, 0.717) is 11.3 Å². The number of non-ortho nitro benzene ring substituents is 1. The standard InChI is InChI=1S/C24H28N4O12/c1-13(29)35-12-20-21(37-14(2)30)22(38-15(3)31)23(39-16(4)32)24(40-20)36-11-18-10-27(26-25-18)9-17-6-5-7-19(8-17)28(33)34/h5-8,10,20-24H,9,11-12H2,1-4H3/t20-,21-,22+,23+,24+/m1/s1. The second kappa shape index (κ2) is 13.6. The maximum absolute atomic E-state index is 11.9. The van der Waals surface area contributed by atoms with E-state index in [2.05, 4.69) is 10.3 Å². The van der Waals surface area contributed by atoms with E-state index in [1.807, 2.05) is 0 Å². The van der Waals surface area contributed by atoms with Crippen LogP contribution in [0.25, 0.3) is 0 Å². The molecular formula is C24H28N4O12. The summed E-state index contributed by atoms with van der Waals surface area (Å²) in [5, 5.41) is 19.0. The molecule has 0 spiro atoms. The molecule has 0 N–H and O–H groups in total. The van der Waals surface area contributed by atoms with Crippen LogP contribution in [-0.4, -0.2) is 81.1 Å². The smallest absolute Gasteiger partial charge is 0.303 e. The van der Waals surface area contributed by atoms with E-state index < -0.39 is 66.1 Å². The van der Waals surface area contributed by atoms with E-state index in [9.17, 15) is 29.3 Å². The zero-order chi connectivity index (χ0) is 29.4. The Morgan fingerprint density at radius 2 is 1.62 bits per heavy atom. The first-order chi connectivity index (χ1) is 18.9. The lowest BCUT2D eigenvalue weighted by Gasteiger charge is -2.43. The summed E-state index contributed by atoms with van der Waals surface area (Å²) in [6.07, 6.45) is -5.04. The molecule has 1 aromatic heterocycles. The first kappa shape index (κ1) is 30.1. The molecule has 1 aliphatic heterocycles. The number of carbonyl (C=O) groups is 4. The number of aromatic nitrogens is 3. The Labute approximate surface area is 227 Å². The maximum atomic E-state index is 11.9. The Hall–Kier alpha value is -4.44. The van der Waals surface area contributed by atoms with Crippen LogP contribution in [-0.2, 0) is 60.8 Å². The number of nitro benzene ring substituents is 1. The van der Waals surface area contributed by atoms with Crippen LogP contribution in [0.3, 0.4) is 0 Å². The average Bonchev–Trinajstić information content (AvgIpc) is 3.31. The lowest BCUT2D eigenvalue weighted by molar-refractivity contribution is -0.384. The molecule has 0 saturated carbocycles. The highest BCUT2D eigenvalue weighted by atomic mass is 16.7. The van der Waals surface area contributed by atoms with E-state index in [0.717, 1.165) is 20.8 Å². The van der Waals surface area contributed by atoms with Crippen LogP contribution in [0.1, 0.15) is 39.0 Å². The molecular weight excluding hydrogens is 536 g/mol. The second-order valence-corrected chi connectivity index (χ2v) is 8.71. The number of carbonyl (C=O) groups excluding carboxylic acids is 4. The van der Waals surface area contributed by atoms with Crippen molar-refractivity contribution in [2.75, 3.05) is 6.61 Å². The van der Waals surface area contributed by atoms with Gasteiger partial charge >= 0.3 is 23.9 Å². The summed E-state index contributed by atoms with van der Waals surface area (Å²) in [5.74, 6) is -2.92. The van der Waals surface area contributed by atoms with E-state index in [-0.39, 0.29) is 18.8 Å². The van der Waals surface area contributed by atoms with Gasteiger partial charge in [0.2, 0.25) is 0 Å². The highest BCUT2D eigenvalue weighted by Gasteiger charge is 2.52. The molecule has 0 aliphatic carbocycles. The Morgan fingerprint density at radius 3 is 2.25 bits per heavy atom. The molecule has 1 fully saturated rings. The number of ether oxygens (including phenoxy) is 6. The number of nitrogens with zero attached hydrogens (tertiary/aromatic N) is 4. The molecule has 2 heterocycles. The summed E-state index contributed by atoms with van der Waals surface area (Å²) in [7, 11) is 0. The molecule has 40 heavy (non-hydrogen) atoms. The van der Waals surface area contributed by atoms with E-state index >= 15 is 0 Å². The fraction of sp³-hybridized carbons (Fsp3) is 0.500. The van der Waals surface area contributed by atoms with Gasteiger partial charge in [0.05, 0.1) is 24.3 Å². The van der Waals surface area contributed by atoms with E-state index in [4.69, 9.17) is 28.4 Å². The molecule has 3 rings (SSSR count). The Kier molecular flexibility index (Phi) is 10.2. The highest BCUT2D eigenvalue weighted by Crippen LogP contribution is 2.30. The van der Waals surface area contributed by atoms with Crippen LogP contribution < -0.4 is 0 Å². The zero-order valence-corrected chi connectivity index (χ0v) is 22.1. The number of benzene rings is 1. The molecule has 5 atom stereocenters. The Bertz CT molecular complexity index is 1250. The number of hydrogen-bond acceptors (Lipinski definition) is 14. The van der Waals surface area contributed by atoms with Crippen molar-refractivity contribution in [2.24, 2.45) is 0 Å². The van der Waals surface area contributed by atoms with Gasteiger partial charge in [-0.3, -0.25) is 29.3 Å². The number of esters is 4. The summed E-state index contributed by atoms with van der Waals surface area (Å²) in [6.45, 7) is 4.09. The average molecular weight is 565 g/mol. The number of rotatable bonds is 11. The van der Waals surface area contributed by atoms with Gasteiger partial charge in [0.1, 0.15) is 18.4 Å². The minimum Gasteiger partial charge on any atom is -0.463 e. The summed E-state index contributed by atoms with van der Waals surface area (Å²) in [4.78, 5) is 57.6. The monoisotopic (exact) mass is 564 g/mol. The third kappa shape index (κ3) is 8.54. The van der Waals surface area contributed by atoms with Crippen LogP contribution >= 0.6 is 0 Å². The first-order valence-corrected chi connectivity index (χ1v) is 12.0. The van der Waals surface area contributed by atoms with Crippen LogP contribution in [0.5, 0.6) is 0 Å². The van der Waals surface area contributed by atoms with Gasteiger partial charge in [-0.05, 0) is 5.56 Å². The van der Waals surface area contributed by atoms with Crippen LogP contribution in [0.2, 0.25) is 0 Å². The number of nitro groups is 1. The van der Waals surface area contributed by atoms with Gasteiger partial charge in [-0.2, -0.15) is 0 Å². The Morgan fingerprint density at radius 1 is 0.975 bits per heavy atom. The quantitative estimate of drug-likeness (QED) is 0.161. The summed E-state index contributed by atoms with van der Waals surface area (Å²) in [5.41, 5.74) is 0.870. The van der Waals surface area contributed by atoms with Gasteiger partial charge in [-0.25, -0.2) is 4.68 Å². The van der Waals surface area contributed by atoms with Gasteiger partial charge in [0.25, 0.3) is 5.69 Å². The normalized spacial score (nSPS) is 22.1. The van der Waals surface area contributed by atoms with Gasteiger partial charge in [0.15, 0.2) is 24.6 Å². The maximum Gasteiger partial charge on any atom is 0.303 e. The summed E-state index contributed by atoms with van der Waals surface area (Å²) in [6, 6.07) is 6.04. The molecule has 1 saturated heterocycles. The van der Waals surface area contributed by atoms with E-state index in [1.165, 1.54) is 29.9 Å². The molecule has 1 aliphatic rings. The predicted octanol–water partition coefficient (Wildman–Crippen LogP) is 0.834. The van der Waals surface area contributed by atoms with Crippen LogP contribution in [0.15, 0.2) is 30.5 Å². The molecule has 2 aromatic rings. The fourth-order valence-corrected chi connectivity index (χ4v) is 3.93. The third-order valence-corrected chi connectivity index (χ3v) is 5.40. The SMILES string of the molecule is CC(=O)OC[C@H]1O[C@H](OCc2cn(Cc3cccc([N+](=O)[O-])c3)nn2)[C@@H](OC(C)=O)[C@@H](OC(C)=O)[C@@H]1OC(C)=O. The largest absolute Gasteiger partial charge is 0.463 e. The lowest BCUT2D eigenvalue weighted by atomic mass is 9.98. The highest BCUT2D eigenvalue weighted by molar-refractivity contribution is 5.68. The Balaban J connectivity index is 1.80. The van der Waals surface area contributed by atoms with Gasteiger partial charge in [-0.15, -0.1) is 5.10 Å². The van der Waals surface area contributed by atoms with Crippen LogP contribution in [0, 0.1) is 10.1 Å². The zero-order valence-electron chi connectivity index (χ0n) is 22.1. The summed E-state index contributed by atoms with van der Waals surface area (Å²) >= 11 is 0. The molecule has 16 nitrogen and oxygen atoms in total. The van der Waals surface area contributed by atoms with Crippen molar-refractivity contribution in [3.63, 3.8) is 0 Å². The van der Waals surface area contributed by atoms with Crippen molar-refractivity contribution in [3.05, 3.63) is 51.8 Å². The van der Waals surface area contributed by atoms with Crippen LogP contribution in [0.4, 0.5) is 5.69 Å². The van der Waals surface area contributed by atoms with Crippen molar-refractivity contribution < 1.29 is 52.5 Å². The molecule has 16 heteroatoms. The van der Waals surface area contributed by atoms with Gasteiger partial charge in [-0.1, -0.05) is 17.3 Å².